The van der Waals surface area contributed by atoms with Crippen LogP contribution in [0.5, 0.6) is 0 Å². The second-order valence-electron chi connectivity index (χ2n) is 9.91. The number of nitrogens with zero attached hydrogens (tertiary/aromatic N) is 1. The first kappa shape index (κ1) is 28.1. The number of aromatic nitrogens is 2. The van der Waals surface area contributed by atoms with Gasteiger partial charge in [0.2, 0.25) is 0 Å². The maximum atomic E-state index is 12.4. The van der Waals surface area contributed by atoms with Crippen molar-refractivity contribution in [2.45, 2.75) is 89.9 Å². The van der Waals surface area contributed by atoms with Crippen molar-refractivity contribution in [3.05, 3.63) is 45.3 Å². The Labute approximate surface area is 198 Å². The zero-order chi connectivity index (χ0) is 24.8. The highest BCUT2D eigenvalue weighted by Crippen LogP contribution is 2.42. The van der Waals surface area contributed by atoms with Crippen LogP contribution in [-0.4, -0.2) is 48.2 Å². The van der Waals surface area contributed by atoms with Gasteiger partial charge in [-0.05, 0) is 44.3 Å². The van der Waals surface area contributed by atoms with Crippen molar-refractivity contribution in [1.82, 2.24) is 9.55 Å². The van der Waals surface area contributed by atoms with Crippen LogP contribution in [0.3, 0.4) is 0 Å². The van der Waals surface area contributed by atoms with Crippen LogP contribution in [0.15, 0.2) is 28.4 Å². The van der Waals surface area contributed by atoms with Gasteiger partial charge in [-0.25, -0.2) is 4.79 Å². The summed E-state index contributed by atoms with van der Waals surface area (Å²) in [5, 5.41) is 0.0203. The van der Waals surface area contributed by atoms with E-state index in [9.17, 15) is 14.5 Å². The molecule has 2 rings (SSSR count). The summed E-state index contributed by atoms with van der Waals surface area (Å²) in [6.07, 6.45) is 4.60. The first-order chi connectivity index (χ1) is 15.4. The molecule has 1 unspecified atom stereocenters. The van der Waals surface area contributed by atoms with E-state index in [0.717, 1.165) is 19.3 Å². The van der Waals surface area contributed by atoms with Crippen LogP contribution in [0.25, 0.3) is 0 Å². The molecule has 0 aromatic carbocycles. The highest BCUT2D eigenvalue weighted by atomic mass is 31.2. The van der Waals surface area contributed by atoms with Crippen molar-refractivity contribution < 1.29 is 23.1 Å². The van der Waals surface area contributed by atoms with Crippen LogP contribution >= 0.6 is 8.60 Å². The first-order valence-corrected chi connectivity index (χ1v) is 15.4. The second-order valence-corrected chi connectivity index (χ2v) is 15.7. The second kappa shape index (κ2) is 12.0. The highest BCUT2D eigenvalue weighted by molar-refractivity contribution is 7.40. The Hall–Kier alpha value is -1.13. The Morgan fingerprint density at radius 2 is 2.06 bits per heavy atom. The average Bonchev–Trinajstić information content (AvgIpc) is 3.10. The van der Waals surface area contributed by atoms with E-state index in [2.05, 4.69) is 45.4 Å². The number of unbranched alkanes of at least 4 members (excludes halogenated alkanes) is 2. The topological polar surface area (TPSA) is 112 Å². The van der Waals surface area contributed by atoms with E-state index < -0.39 is 46.6 Å². The molecule has 2 heterocycles. The van der Waals surface area contributed by atoms with Gasteiger partial charge >= 0.3 is 14.3 Å². The molecule has 0 bridgehead atoms. The third-order valence-corrected chi connectivity index (χ3v) is 11.6. The van der Waals surface area contributed by atoms with E-state index in [1.54, 1.807) is 6.92 Å². The monoisotopic (exact) mass is 502 g/mol. The predicted octanol–water partition coefficient (Wildman–Crippen LogP) is 4.13. The van der Waals surface area contributed by atoms with Crippen LogP contribution in [0.2, 0.25) is 18.1 Å². The van der Waals surface area contributed by atoms with Crippen molar-refractivity contribution in [2.24, 2.45) is 0 Å². The fraction of sp³-hybridized carbons (Fsp3) is 0.727. The summed E-state index contributed by atoms with van der Waals surface area (Å²) in [5.41, 5.74) is -0.572. The van der Waals surface area contributed by atoms with Crippen LogP contribution in [0, 0.1) is 6.92 Å². The number of H-pyrrole nitrogens is 1. The number of rotatable bonds is 12. The highest BCUT2D eigenvalue weighted by Gasteiger charge is 2.43. The quantitative estimate of drug-likeness (QED) is 0.191. The van der Waals surface area contributed by atoms with Gasteiger partial charge in [0.05, 0.1) is 19.3 Å². The molecule has 2 N–H and O–H groups in total. The van der Waals surface area contributed by atoms with E-state index in [0.29, 0.717) is 18.6 Å². The molecular weight excluding hydrogens is 463 g/mol. The first-order valence-electron chi connectivity index (χ1n) is 11.4. The van der Waals surface area contributed by atoms with Gasteiger partial charge in [-0.1, -0.05) is 26.8 Å². The van der Waals surface area contributed by atoms with Gasteiger partial charge in [0, 0.05) is 18.2 Å². The summed E-state index contributed by atoms with van der Waals surface area (Å²) >= 11 is 0. The van der Waals surface area contributed by atoms with Gasteiger partial charge in [-0.3, -0.25) is 14.3 Å². The molecule has 1 aliphatic rings. The molecule has 0 radical (unpaired) electrons. The Bertz CT molecular complexity index is 896. The van der Waals surface area contributed by atoms with E-state index in [1.807, 2.05) is 6.08 Å². The molecule has 33 heavy (non-hydrogen) atoms. The minimum atomic E-state index is -2.10. The third-order valence-electron chi connectivity index (χ3n) is 6.28. The zero-order valence-electron chi connectivity index (χ0n) is 20.6. The van der Waals surface area contributed by atoms with Crippen LogP contribution in [0.1, 0.15) is 58.2 Å². The van der Waals surface area contributed by atoms with Crippen LogP contribution in [0.4, 0.5) is 0 Å². The van der Waals surface area contributed by atoms with E-state index in [4.69, 9.17) is 18.2 Å². The predicted molar refractivity (Wildman–Crippen MR) is 132 cm³/mol. The molecule has 9 nitrogen and oxygen atoms in total. The van der Waals surface area contributed by atoms with Gasteiger partial charge < -0.3 is 23.1 Å². The number of aromatic amines is 1. The normalized spacial score (nSPS) is 22.5. The molecule has 1 fully saturated rings. The molecule has 1 aliphatic heterocycles. The zero-order valence-corrected chi connectivity index (χ0v) is 22.5. The maximum Gasteiger partial charge on any atom is 0.330 e. The minimum absolute atomic E-state index is 0.0203. The standard InChI is InChI=1S/C22H39N2O7PSi/c1-8-9-10-11-12-28-32(27)31-17-13-19(24-14-16(2)20(25)23-21(24)26)30-18(17)15-29-33(6,7)22(3,4)5/h8,14,17-19,27H,1,9-13,15H2,2-7H3,(H,23,25,26)/t17-,18+,19+,32?/m0/s1. The number of allylic oxidation sites excluding steroid dienone is 1. The van der Waals surface area contributed by atoms with Gasteiger partial charge in [0.1, 0.15) is 12.3 Å². The summed E-state index contributed by atoms with van der Waals surface area (Å²) in [6.45, 7) is 16.7. The molecule has 1 saturated heterocycles. The maximum absolute atomic E-state index is 12.4. The van der Waals surface area contributed by atoms with Crippen molar-refractivity contribution in [1.29, 1.82) is 0 Å². The summed E-state index contributed by atoms with van der Waals surface area (Å²) in [7, 11) is -4.16. The minimum Gasteiger partial charge on any atom is -0.414 e. The van der Waals surface area contributed by atoms with E-state index >= 15 is 0 Å². The molecular formula is C22H39N2O7PSi. The summed E-state index contributed by atoms with van der Waals surface area (Å²) < 4.78 is 25.1. The SMILES string of the molecule is C=CCCCCOP(O)O[C@H]1C[C@H](n2cc(C)c(=O)[nH]c2=O)O[C@@H]1CO[Si](C)(C)C(C)(C)C. The molecule has 4 atom stereocenters. The lowest BCUT2D eigenvalue weighted by atomic mass is 10.2. The van der Waals surface area contributed by atoms with E-state index in [-0.39, 0.29) is 11.6 Å². The average molecular weight is 503 g/mol. The molecule has 188 valence electrons. The Kier molecular flexibility index (Phi) is 10.2. The smallest absolute Gasteiger partial charge is 0.330 e. The van der Waals surface area contributed by atoms with Gasteiger partial charge in [-0.2, -0.15) is 0 Å². The van der Waals surface area contributed by atoms with Crippen LogP contribution in [-0.2, 0) is 18.2 Å². The fourth-order valence-electron chi connectivity index (χ4n) is 3.12. The molecule has 0 spiro atoms. The van der Waals surface area contributed by atoms with E-state index in [1.165, 1.54) is 10.8 Å². The summed E-state index contributed by atoms with van der Waals surface area (Å²) in [6, 6.07) is 0. The van der Waals surface area contributed by atoms with Gasteiger partial charge in [0.15, 0.2) is 8.32 Å². The molecule has 1 aromatic heterocycles. The lowest BCUT2D eigenvalue weighted by Crippen LogP contribution is -2.44. The van der Waals surface area contributed by atoms with Crippen molar-refractivity contribution >= 4 is 16.9 Å². The Morgan fingerprint density at radius 1 is 1.36 bits per heavy atom. The molecule has 11 heteroatoms. The number of aryl methyl sites for hydroxylation is 1. The van der Waals surface area contributed by atoms with Gasteiger partial charge in [0.25, 0.3) is 5.56 Å². The number of ether oxygens (including phenoxy) is 1. The Morgan fingerprint density at radius 3 is 2.70 bits per heavy atom. The number of hydrogen-bond donors (Lipinski definition) is 2. The summed E-state index contributed by atoms with van der Waals surface area (Å²) in [4.78, 5) is 36.8. The molecule has 0 aliphatic carbocycles. The lowest BCUT2D eigenvalue weighted by Gasteiger charge is -2.37. The van der Waals surface area contributed by atoms with Gasteiger partial charge in [-0.15, -0.1) is 6.58 Å². The van der Waals surface area contributed by atoms with Crippen molar-refractivity contribution in [3.8, 4) is 0 Å². The number of nitrogens with one attached hydrogen (secondary N) is 1. The summed E-state index contributed by atoms with van der Waals surface area (Å²) in [5.74, 6) is 0. The largest absolute Gasteiger partial charge is 0.414 e. The number of hydrogen-bond acceptors (Lipinski definition) is 7. The third kappa shape index (κ3) is 7.95. The molecule has 0 saturated carbocycles. The molecule has 1 aromatic rings. The van der Waals surface area contributed by atoms with Crippen molar-refractivity contribution in [3.63, 3.8) is 0 Å². The lowest BCUT2D eigenvalue weighted by molar-refractivity contribution is -0.0414. The van der Waals surface area contributed by atoms with Crippen molar-refractivity contribution in [2.75, 3.05) is 13.2 Å². The molecule has 0 amide bonds. The Balaban J connectivity index is 2.11. The fourth-order valence-corrected chi connectivity index (χ4v) is 4.93. The van der Waals surface area contributed by atoms with Crippen LogP contribution < -0.4 is 11.2 Å².